The zero-order chi connectivity index (χ0) is 51.3. The number of alkyl carbamates (subject to hydrolysis) is 1. The summed E-state index contributed by atoms with van der Waals surface area (Å²) in [5, 5.41) is 13.6. The number of benzene rings is 5. The molecular formula is C56H65N5O10. The molecule has 5 amide bonds. The van der Waals surface area contributed by atoms with Crippen LogP contribution in [0.5, 0.6) is 0 Å². The van der Waals surface area contributed by atoms with E-state index in [1.807, 2.05) is 140 Å². The molecular weight excluding hydrogens is 903 g/mol. The normalized spacial score (nSPS) is 14.0. The fourth-order valence-corrected chi connectivity index (χ4v) is 8.66. The van der Waals surface area contributed by atoms with Crippen molar-refractivity contribution in [1.82, 2.24) is 26.6 Å². The Morgan fingerprint density at radius 3 is 1.55 bits per heavy atom. The highest BCUT2D eigenvalue weighted by Gasteiger charge is 2.40. The SMILES string of the molecule is COC(=O)[C@H](COC(C)(C)C)NC(=O)[C@H](CC(=O)NC(c1ccccc1)(c1ccccc1)c1ccccc1)NC(=O)CNC(=O)[C@@H](NC(=O)OCC1c2ccccc2-c2ccccc21)[C@H](C)OC(C)(C)C. The van der Waals surface area contributed by atoms with Crippen molar-refractivity contribution in [3.05, 3.63) is 167 Å². The van der Waals surface area contributed by atoms with E-state index in [-0.39, 0.29) is 19.1 Å². The highest BCUT2D eigenvalue weighted by molar-refractivity contribution is 5.96. The molecule has 15 nitrogen and oxygen atoms in total. The van der Waals surface area contributed by atoms with Crippen LogP contribution in [0.4, 0.5) is 4.79 Å². The lowest BCUT2D eigenvalue weighted by Gasteiger charge is -2.37. The van der Waals surface area contributed by atoms with Gasteiger partial charge in [-0.05, 0) is 87.4 Å². The van der Waals surface area contributed by atoms with Gasteiger partial charge in [-0.25, -0.2) is 9.59 Å². The van der Waals surface area contributed by atoms with E-state index in [4.69, 9.17) is 18.9 Å². The molecule has 374 valence electrons. The first-order valence-corrected chi connectivity index (χ1v) is 23.7. The molecule has 5 N–H and O–H groups in total. The van der Waals surface area contributed by atoms with Gasteiger partial charge in [0, 0.05) is 5.92 Å². The number of hydrogen-bond donors (Lipinski definition) is 5. The van der Waals surface area contributed by atoms with E-state index >= 15 is 0 Å². The number of fused-ring (bicyclic) bond motifs is 3. The average Bonchev–Trinajstić information content (AvgIpc) is 3.67. The zero-order valence-corrected chi connectivity index (χ0v) is 41.6. The maximum absolute atomic E-state index is 14.6. The lowest BCUT2D eigenvalue weighted by atomic mass is 9.77. The highest BCUT2D eigenvalue weighted by atomic mass is 16.6. The largest absolute Gasteiger partial charge is 0.467 e. The van der Waals surface area contributed by atoms with E-state index in [9.17, 15) is 28.8 Å². The van der Waals surface area contributed by atoms with Crippen LogP contribution in [-0.4, -0.2) is 98.0 Å². The van der Waals surface area contributed by atoms with Crippen LogP contribution in [0.25, 0.3) is 11.1 Å². The van der Waals surface area contributed by atoms with Crippen LogP contribution in [0, 0.1) is 0 Å². The summed E-state index contributed by atoms with van der Waals surface area (Å²) in [5.74, 6) is -4.25. The third-order valence-electron chi connectivity index (χ3n) is 11.8. The molecule has 0 fully saturated rings. The van der Waals surface area contributed by atoms with Crippen molar-refractivity contribution in [3.63, 3.8) is 0 Å². The number of amides is 5. The van der Waals surface area contributed by atoms with Crippen LogP contribution in [0.1, 0.15) is 88.6 Å². The molecule has 5 aromatic rings. The third-order valence-corrected chi connectivity index (χ3v) is 11.8. The van der Waals surface area contributed by atoms with Gasteiger partial charge < -0.3 is 45.5 Å². The zero-order valence-electron chi connectivity index (χ0n) is 41.6. The maximum Gasteiger partial charge on any atom is 0.407 e. The summed E-state index contributed by atoms with van der Waals surface area (Å²) < 4.78 is 22.7. The molecule has 0 aromatic heterocycles. The second-order valence-corrected chi connectivity index (χ2v) is 19.3. The predicted molar refractivity (Wildman–Crippen MR) is 269 cm³/mol. The van der Waals surface area contributed by atoms with E-state index in [0.29, 0.717) is 0 Å². The van der Waals surface area contributed by atoms with Crippen LogP contribution in [-0.2, 0) is 48.5 Å². The van der Waals surface area contributed by atoms with Gasteiger partial charge in [-0.2, -0.15) is 0 Å². The number of nitrogens with one attached hydrogen (secondary N) is 5. The highest BCUT2D eigenvalue weighted by Crippen LogP contribution is 2.44. The van der Waals surface area contributed by atoms with E-state index < -0.39 is 89.6 Å². The monoisotopic (exact) mass is 967 g/mol. The summed E-state index contributed by atoms with van der Waals surface area (Å²) in [5.41, 5.74) is 3.57. The van der Waals surface area contributed by atoms with Crippen molar-refractivity contribution < 1.29 is 47.7 Å². The summed E-state index contributed by atoms with van der Waals surface area (Å²) in [7, 11) is 1.16. The van der Waals surface area contributed by atoms with Crippen molar-refractivity contribution >= 4 is 35.7 Å². The Hall–Kier alpha value is -7.36. The summed E-state index contributed by atoms with van der Waals surface area (Å²) in [6.45, 7) is 11.3. The number of carbonyl (C=O) groups is 6. The van der Waals surface area contributed by atoms with Crippen molar-refractivity contribution in [2.75, 3.05) is 26.9 Å². The Morgan fingerprint density at radius 2 is 1.07 bits per heavy atom. The molecule has 1 aliphatic rings. The van der Waals surface area contributed by atoms with Crippen molar-refractivity contribution in [3.8, 4) is 11.1 Å². The number of ether oxygens (including phenoxy) is 4. The first-order valence-electron chi connectivity index (χ1n) is 23.7. The van der Waals surface area contributed by atoms with Gasteiger partial charge >= 0.3 is 12.1 Å². The Balaban J connectivity index is 1.22. The van der Waals surface area contributed by atoms with Crippen molar-refractivity contribution in [1.29, 1.82) is 0 Å². The fourth-order valence-electron chi connectivity index (χ4n) is 8.66. The van der Waals surface area contributed by atoms with Crippen molar-refractivity contribution in [2.24, 2.45) is 0 Å². The van der Waals surface area contributed by atoms with Crippen LogP contribution >= 0.6 is 0 Å². The number of hydrogen-bond acceptors (Lipinski definition) is 10. The maximum atomic E-state index is 14.6. The van der Waals surface area contributed by atoms with Crippen LogP contribution in [0.3, 0.4) is 0 Å². The number of methoxy groups -OCH3 is 1. The molecule has 5 aromatic carbocycles. The second-order valence-electron chi connectivity index (χ2n) is 19.3. The smallest absolute Gasteiger partial charge is 0.407 e. The van der Waals surface area contributed by atoms with Gasteiger partial charge in [-0.3, -0.25) is 19.2 Å². The van der Waals surface area contributed by atoms with Gasteiger partial charge in [-0.15, -0.1) is 0 Å². The fraction of sp³-hybridized carbons (Fsp3) is 0.357. The topological polar surface area (TPSA) is 199 Å². The van der Waals surface area contributed by atoms with Gasteiger partial charge in [0.1, 0.15) is 24.2 Å². The molecule has 0 bridgehead atoms. The minimum absolute atomic E-state index is 0.00945. The standard InChI is InChI=1S/C56H65N5O10/c1-36(71-55(5,6)7)49(60-53(67)69-34-44-42-30-20-18-28-40(42)41-29-19-21-31-43(41)44)51(65)57-33-48(63)58-45(50(64)59-46(52(66)68-8)35-70-54(2,3)4)32-47(62)61-56(37-22-12-9-13-23-37,38-24-14-10-15-25-38)39-26-16-11-17-27-39/h9-31,36,44-46,49H,32-35H2,1-8H3,(H,57,65)(H,58,63)(H,59,64)(H,60,67)(H,61,62)/t36-,45-,46-,49-/m0/s1. The molecule has 71 heavy (non-hydrogen) atoms. The van der Waals surface area contributed by atoms with Gasteiger partial charge in [-0.1, -0.05) is 140 Å². The van der Waals surface area contributed by atoms with Gasteiger partial charge in [0.25, 0.3) is 0 Å². The van der Waals surface area contributed by atoms with Gasteiger partial charge in [0.2, 0.25) is 23.6 Å². The minimum atomic E-state index is -1.60. The van der Waals surface area contributed by atoms with E-state index in [1.54, 1.807) is 48.5 Å². The lowest BCUT2D eigenvalue weighted by Crippen LogP contribution is -2.58. The molecule has 6 rings (SSSR count). The van der Waals surface area contributed by atoms with Gasteiger partial charge in [0.15, 0.2) is 6.04 Å². The number of esters is 1. The Bertz CT molecular complexity index is 2490. The molecule has 0 heterocycles. The first-order chi connectivity index (χ1) is 33.8. The quantitative estimate of drug-likeness (QED) is 0.0415. The number of carbonyl (C=O) groups excluding carboxylic acids is 6. The molecule has 0 aliphatic heterocycles. The van der Waals surface area contributed by atoms with Crippen LogP contribution < -0.4 is 26.6 Å². The number of rotatable bonds is 20. The summed E-state index contributed by atoms with van der Waals surface area (Å²) in [6.07, 6.45) is -2.40. The first kappa shape index (κ1) is 53.0. The molecule has 1 aliphatic carbocycles. The Morgan fingerprint density at radius 1 is 0.577 bits per heavy atom. The van der Waals surface area contributed by atoms with Crippen LogP contribution in [0.15, 0.2) is 140 Å². The van der Waals surface area contributed by atoms with Crippen LogP contribution in [0.2, 0.25) is 0 Å². The van der Waals surface area contributed by atoms with Gasteiger partial charge in [0.05, 0.1) is 44.0 Å². The molecule has 0 spiro atoms. The summed E-state index contributed by atoms with van der Waals surface area (Å²) in [4.78, 5) is 83.4. The van der Waals surface area contributed by atoms with E-state index in [1.165, 1.54) is 0 Å². The molecule has 0 unspecified atom stereocenters. The molecule has 15 heteroatoms. The third kappa shape index (κ3) is 13.9. The Labute approximate surface area is 415 Å². The molecule has 0 saturated carbocycles. The molecule has 4 atom stereocenters. The second kappa shape index (κ2) is 23.5. The van der Waals surface area contributed by atoms with E-state index in [0.717, 1.165) is 46.1 Å². The molecule has 0 saturated heterocycles. The summed E-state index contributed by atoms with van der Waals surface area (Å²) >= 11 is 0. The Kier molecular flexibility index (Phi) is 17.5. The average molecular weight is 968 g/mol. The minimum Gasteiger partial charge on any atom is -0.467 e. The lowest BCUT2D eigenvalue weighted by molar-refractivity contribution is -0.149. The van der Waals surface area contributed by atoms with Crippen molar-refractivity contribution in [2.45, 2.75) is 102 Å². The van der Waals surface area contributed by atoms with E-state index in [2.05, 4.69) is 26.6 Å². The predicted octanol–water partition coefficient (Wildman–Crippen LogP) is 6.67. The summed E-state index contributed by atoms with van der Waals surface area (Å²) in [6, 6.07) is 39.6. The molecule has 0 radical (unpaired) electrons.